The molecule has 0 radical (unpaired) electrons. The van der Waals surface area contributed by atoms with Crippen molar-refractivity contribution in [1.82, 2.24) is 14.6 Å². The Morgan fingerprint density at radius 2 is 1.57 bits per heavy atom. The molecule has 11 heteroatoms. The van der Waals surface area contributed by atoms with Crippen molar-refractivity contribution in [2.75, 3.05) is 25.5 Å². The number of aryl methyl sites for hydroxylation is 1. The van der Waals surface area contributed by atoms with Crippen LogP contribution in [0, 0.1) is 6.92 Å². The summed E-state index contributed by atoms with van der Waals surface area (Å²) < 4.78 is 42.4. The number of aromatic nitrogens is 1. The van der Waals surface area contributed by atoms with E-state index in [0.29, 0.717) is 18.7 Å². The molecule has 6 rings (SSSR count). The molecule has 1 fully saturated rings. The molecule has 4 atom stereocenters. The zero-order valence-corrected chi connectivity index (χ0v) is 30.8. The maximum Gasteiger partial charge on any atom is 0.242 e. The van der Waals surface area contributed by atoms with Gasteiger partial charge in [-0.05, 0) is 73.5 Å². The Hall–Kier alpha value is -4.75. The van der Waals surface area contributed by atoms with Crippen LogP contribution >= 0.6 is 0 Å². The van der Waals surface area contributed by atoms with Gasteiger partial charge < -0.3 is 24.8 Å². The summed E-state index contributed by atoms with van der Waals surface area (Å²) >= 11 is 0. The third-order valence-corrected chi connectivity index (χ3v) is 10.8. The molecule has 1 amide bonds. The fourth-order valence-corrected chi connectivity index (χ4v) is 7.48. The largest absolute Gasteiger partial charge is 0.392 e. The highest BCUT2D eigenvalue weighted by Gasteiger charge is 2.33. The van der Waals surface area contributed by atoms with Crippen molar-refractivity contribution in [2.24, 2.45) is 0 Å². The second kappa shape index (κ2) is 17.8. The predicted octanol–water partition coefficient (Wildman–Crippen LogP) is 6.13. The molecule has 0 saturated carbocycles. The number of sulfonamides is 1. The van der Waals surface area contributed by atoms with Crippen LogP contribution in [0.25, 0.3) is 0 Å². The second-order valence-electron chi connectivity index (χ2n) is 13.5. The van der Waals surface area contributed by atoms with Gasteiger partial charge in [0.2, 0.25) is 15.9 Å². The lowest BCUT2D eigenvalue weighted by atomic mass is 9.99. The number of carbonyl (C=O) groups is 1. The molecule has 1 saturated heterocycles. The first-order valence-corrected chi connectivity index (χ1v) is 19.3. The van der Waals surface area contributed by atoms with Crippen molar-refractivity contribution < 1.29 is 27.8 Å². The van der Waals surface area contributed by atoms with E-state index < -0.39 is 28.3 Å². The Bertz CT molecular complexity index is 2010. The Balaban J connectivity index is 1.16. The fraction of sp³-hybridized carbons (Fsp3) is 0.286. The van der Waals surface area contributed by atoms with E-state index in [2.05, 4.69) is 27.0 Å². The van der Waals surface area contributed by atoms with Crippen LogP contribution in [0.4, 0.5) is 5.69 Å². The van der Waals surface area contributed by atoms with Gasteiger partial charge in [0.1, 0.15) is 6.04 Å². The van der Waals surface area contributed by atoms with E-state index in [-0.39, 0.29) is 30.1 Å². The number of hydrogen-bond donors (Lipinski definition) is 3. The van der Waals surface area contributed by atoms with E-state index >= 15 is 0 Å². The first-order chi connectivity index (χ1) is 25.6. The Morgan fingerprint density at radius 1 is 0.868 bits per heavy atom. The predicted molar refractivity (Wildman–Crippen MR) is 204 cm³/mol. The van der Waals surface area contributed by atoms with Crippen molar-refractivity contribution >= 4 is 21.6 Å². The van der Waals surface area contributed by atoms with Crippen LogP contribution in [0.5, 0.6) is 0 Å². The normalized spacial score (nSPS) is 18.1. The van der Waals surface area contributed by atoms with E-state index in [1.807, 2.05) is 98.0 Å². The van der Waals surface area contributed by atoms with Gasteiger partial charge in [0.15, 0.2) is 6.29 Å². The second-order valence-corrected chi connectivity index (χ2v) is 15.2. The first kappa shape index (κ1) is 38.0. The number of aliphatic hydroxyl groups excluding tert-OH is 1. The lowest BCUT2D eigenvalue weighted by molar-refractivity contribution is -0.252. The third-order valence-electron chi connectivity index (χ3n) is 9.28. The summed E-state index contributed by atoms with van der Waals surface area (Å²) in [6, 6.07) is 35.7. The number of carbonyl (C=O) groups excluding carboxylic acids is 1. The SMILES string of the molecule is Cc1ccc(S(=O)(=O)NC(Cc2ccccc2)C(=O)Nc2ccc(C3OC(CN(C)CCc4ccccn4)CC(c4ccc(CO)cc4)O3)cc2)cc1. The van der Waals surface area contributed by atoms with E-state index in [9.17, 15) is 18.3 Å². The van der Waals surface area contributed by atoms with Crippen LogP contribution < -0.4 is 10.0 Å². The molecule has 3 N–H and O–H groups in total. The molecule has 1 aliphatic rings. The lowest BCUT2D eigenvalue weighted by Crippen LogP contribution is -2.45. The maximum absolute atomic E-state index is 13.7. The summed E-state index contributed by atoms with van der Waals surface area (Å²) in [5, 5.41) is 12.5. The van der Waals surface area contributed by atoms with Crippen molar-refractivity contribution in [2.45, 2.75) is 62.2 Å². The molecule has 5 aromatic rings. The summed E-state index contributed by atoms with van der Waals surface area (Å²) in [6.07, 6.45) is 2.40. The van der Waals surface area contributed by atoms with Gasteiger partial charge in [-0.25, -0.2) is 8.42 Å². The van der Waals surface area contributed by atoms with Crippen molar-refractivity contribution in [3.8, 4) is 0 Å². The van der Waals surface area contributed by atoms with Crippen LogP contribution in [0.3, 0.4) is 0 Å². The topological polar surface area (TPSA) is 130 Å². The molecule has 53 heavy (non-hydrogen) atoms. The zero-order chi connectivity index (χ0) is 37.2. The van der Waals surface area contributed by atoms with Gasteiger partial charge >= 0.3 is 0 Å². The van der Waals surface area contributed by atoms with Gasteiger partial charge in [-0.2, -0.15) is 4.72 Å². The summed E-state index contributed by atoms with van der Waals surface area (Å²) in [7, 11) is -1.91. The summed E-state index contributed by atoms with van der Waals surface area (Å²) in [6.45, 7) is 3.36. The van der Waals surface area contributed by atoms with Gasteiger partial charge in [-0.3, -0.25) is 9.78 Å². The number of ether oxygens (including phenoxy) is 2. The quantitative estimate of drug-likeness (QED) is 0.117. The number of hydrogen-bond acceptors (Lipinski definition) is 8. The highest BCUT2D eigenvalue weighted by molar-refractivity contribution is 7.89. The van der Waals surface area contributed by atoms with Crippen molar-refractivity contribution in [1.29, 1.82) is 0 Å². The standard InChI is InChI=1S/C42H46N4O6S/c1-30-11-21-38(22-12-30)53(49,50)45-39(26-31-8-4-3-5-9-31)41(48)44-36-19-17-34(18-20-36)42-51-37(28-46(2)25-23-35-10-6-7-24-43-35)27-40(52-42)33-15-13-32(29-47)14-16-33/h3-22,24,37,39-40,42,45,47H,23,25-29H2,1-2H3,(H,44,48). The minimum atomic E-state index is -3.98. The smallest absolute Gasteiger partial charge is 0.242 e. The van der Waals surface area contributed by atoms with E-state index in [1.54, 1.807) is 24.3 Å². The van der Waals surface area contributed by atoms with Crippen LogP contribution in [0.1, 0.15) is 52.3 Å². The van der Waals surface area contributed by atoms with Gasteiger partial charge in [0.25, 0.3) is 0 Å². The molecule has 4 unspecified atom stereocenters. The Labute approximate surface area is 311 Å². The molecular weight excluding hydrogens is 689 g/mol. The van der Waals surface area contributed by atoms with E-state index in [4.69, 9.17) is 9.47 Å². The summed E-state index contributed by atoms with van der Waals surface area (Å²) in [5.41, 5.74) is 5.90. The monoisotopic (exact) mass is 734 g/mol. The average molecular weight is 735 g/mol. The molecule has 10 nitrogen and oxygen atoms in total. The van der Waals surface area contributed by atoms with Crippen molar-refractivity contribution in [3.05, 3.63) is 161 Å². The Morgan fingerprint density at radius 3 is 2.25 bits per heavy atom. The number of likely N-dealkylation sites (N-methyl/N-ethyl adjacent to an activating group) is 1. The van der Waals surface area contributed by atoms with E-state index in [0.717, 1.165) is 46.5 Å². The van der Waals surface area contributed by atoms with Crippen LogP contribution in [-0.2, 0) is 43.7 Å². The molecule has 0 spiro atoms. The van der Waals surface area contributed by atoms with E-state index in [1.165, 1.54) is 12.1 Å². The molecule has 276 valence electrons. The number of rotatable bonds is 15. The zero-order valence-electron chi connectivity index (χ0n) is 30.0. The average Bonchev–Trinajstić information content (AvgIpc) is 3.18. The number of anilines is 1. The molecule has 0 aliphatic carbocycles. The van der Waals surface area contributed by atoms with Crippen LogP contribution in [0.15, 0.2) is 132 Å². The van der Waals surface area contributed by atoms with Gasteiger partial charge in [0, 0.05) is 49.1 Å². The minimum absolute atomic E-state index is 0.0320. The third kappa shape index (κ3) is 10.7. The van der Waals surface area contributed by atoms with Gasteiger partial charge in [-0.1, -0.05) is 90.5 Å². The van der Waals surface area contributed by atoms with Crippen LogP contribution in [0.2, 0.25) is 0 Å². The number of nitrogens with zero attached hydrogens (tertiary/aromatic N) is 2. The molecular formula is C42H46N4O6S. The van der Waals surface area contributed by atoms with Crippen LogP contribution in [-0.4, -0.2) is 61.6 Å². The molecule has 1 aromatic heterocycles. The number of nitrogens with one attached hydrogen (secondary N) is 2. The maximum atomic E-state index is 13.7. The number of amides is 1. The minimum Gasteiger partial charge on any atom is -0.392 e. The fourth-order valence-electron chi connectivity index (χ4n) is 6.29. The molecule has 4 aromatic carbocycles. The number of pyridine rings is 1. The molecule has 0 bridgehead atoms. The lowest BCUT2D eigenvalue weighted by Gasteiger charge is -2.38. The summed E-state index contributed by atoms with van der Waals surface area (Å²) in [5.74, 6) is -0.484. The summed E-state index contributed by atoms with van der Waals surface area (Å²) in [4.78, 5) is 20.5. The highest BCUT2D eigenvalue weighted by atomic mass is 32.2. The van der Waals surface area contributed by atoms with Crippen molar-refractivity contribution in [3.63, 3.8) is 0 Å². The first-order valence-electron chi connectivity index (χ1n) is 17.8. The van der Waals surface area contributed by atoms with Gasteiger partial charge in [0.05, 0.1) is 23.7 Å². The number of benzene rings is 4. The Kier molecular flexibility index (Phi) is 12.8. The number of aliphatic hydroxyl groups is 1. The molecule has 1 aliphatic heterocycles. The van der Waals surface area contributed by atoms with Gasteiger partial charge in [-0.15, -0.1) is 0 Å². The highest BCUT2D eigenvalue weighted by Crippen LogP contribution is 2.38. The molecule has 2 heterocycles.